The molecular formula is C16H23NO. The van der Waals surface area contributed by atoms with Crippen LogP contribution in [0.2, 0.25) is 0 Å². The second-order valence-electron chi connectivity index (χ2n) is 5.92. The third kappa shape index (κ3) is 2.47. The summed E-state index contributed by atoms with van der Waals surface area (Å²) in [6.07, 6.45) is 6.46. The molecule has 0 amide bonds. The van der Waals surface area contributed by atoms with Crippen molar-refractivity contribution in [1.29, 1.82) is 0 Å². The van der Waals surface area contributed by atoms with Gasteiger partial charge in [0.1, 0.15) is 5.75 Å². The summed E-state index contributed by atoms with van der Waals surface area (Å²) in [6.45, 7) is 4.32. The Bertz CT molecular complexity index is 416. The number of para-hydroxylation sites is 1. The van der Waals surface area contributed by atoms with E-state index in [1.165, 1.54) is 43.4 Å². The smallest absolute Gasteiger partial charge is 0.142 e. The van der Waals surface area contributed by atoms with E-state index in [0.717, 1.165) is 30.7 Å². The Kier molecular flexibility index (Phi) is 3.44. The molecule has 1 aliphatic heterocycles. The van der Waals surface area contributed by atoms with Crippen molar-refractivity contribution in [2.45, 2.75) is 39.0 Å². The van der Waals surface area contributed by atoms with E-state index in [4.69, 9.17) is 4.74 Å². The fourth-order valence-corrected chi connectivity index (χ4v) is 3.28. The molecule has 0 radical (unpaired) electrons. The third-order valence-electron chi connectivity index (χ3n) is 4.32. The van der Waals surface area contributed by atoms with Gasteiger partial charge in [0, 0.05) is 6.54 Å². The lowest BCUT2D eigenvalue weighted by atomic mass is 10.0. The molecule has 18 heavy (non-hydrogen) atoms. The minimum atomic E-state index is 0.763. The molecule has 2 heteroatoms. The normalized spacial score (nSPS) is 26.5. The summed E-state index contributed by atoms with van der Waals surface area (Å²) in [5.41, 5.74) is 2.66. The molecule has 2 unspecified atom stereocenters. The molecule has 2 atom stereocenters. The first-order chi connectivity index (χ1) is 8.83. The van der Waals surface area contributed by atoms with E-state index in [-0.39, 0.29) is 0 Å². The van der Waals surface area contributed by atoms with Gasteiger partial charge < -0.3 is 10.1 Å². The number of aryl methyl sites for hydroxylation is 1. The van der Waals surface area contributed by atoms with Gasteiger partial charge in [-0.1, -0.05) is 25.5 Å². The van der Waals surface area contributed by atoms with Gasteiger partial charge in [-0.25, -0.2) is 0 Å². The van der Waals surface area contributed by atoms with Gasteiger partial charge in [0.25, 0.3) is 0 Å². The molecule has 2 aliphatic rings. The second kappa shape index (κ2) is 5.21. The first-order valence-corrected chi connectivity index (χ1v) is 7.31. The van der Waals surface area contributed by atoms with Crippen molar-refractivity contribution >= 4 is 5.69 Å². The molecule has 0 saturated heterocycles. The molecule has 2 nitrogen and oxygen atoms in total. The maximum Gasteiger partial charge on any atom is 0.142 e. The number of ether oxygens (including phenoxy) is 1. The number of hydrogen-bond donors (Lipinski definition) is 1. The molecule has 3 rings (SSSR count). The van der Waals surface area contributed by atoms with Gasteiger partial charge in [-0.2, -0.15) is 0 Å². The molecule has 1 N–H and O–H groups in total. The van der Waals surface area contributed by atoms with Crippen LogP contribution in [0.25, 0.3) is 0 Å². The van der Waals surface area contributed by atoms with Crippen molar-refractivity contribution in [3.05, 3.63) is 23.8 Å². The van der Waals surface area contributed by atoms with Crippen molar-refractivity contribution in [1.82, 2.24) is 0 Å². The van der Waals surface area contributed by atoms with Crippen LogP contribution < -0.4 is 10.1 Å². The van der Waals surface area contributed by atoms with Crippen LogP contribution in [0.3, 0.4) is 0 Å². The Morgan fingerprint density at radius 2 is 2.28 bits per heavy atom. The van der Waals surface area contributed by atoms with Crippen molar-refractivity contribution < 1.29 is 4.74 Å². The highest BCUT2D eigenvalue weighted by atomic mass is 16.5. The Morgan fingerprint density at radius 1 is 1.33 bits per heavy atom. The highest BCUT2D eigenvalue weighted by Gasteiger charge is 2.22. The summed E-state index contributed by atoms with van der Waals surface area (Å²) in [4.78, 5) is 0. The fourth-order valence-electron chi connectivity index (χ4n) is 3.28. The second-order valence-corrected chi connectivity index (χ2v) is 5.92. The van der Waals surface area contributed by atoms with Gasteiger partial charge >= 0.3 is 0 Å². The lowest BCUT2D eigenvalue weighted by molar-refractivity contribution is 0.249. The van der Waals surface area contributed by atoms with Gasteiger partial charge in [0.2, 0.25) is 0 Å². The summed E-state index contributed by atoms with van der Waals surface area (Å²) in [6, 6.07) is 6.44. The lowest BCUT2D eigenvalue weighted by Crippen LogP contribution is -2.15. The van der Waals surface area contributed by atoms with Crippen molar-refractivity contribution in [2.75, 3.05) is 18.5 Å². The Labute approximate surface area is 110 Å². The predicted molar refractivity (Wildman–Crippen MR) is 75.3 cm³/mol. The summed E-state index contributed by atoms with van der Waals surface area (Å²) in [7, 11) is 0. The summed E-state index contributed by atoms with van der Waals surface area (Å²) < 4.78 is 6.07. The van der Waals surface area contributed by atoms with Gasteiger partial charge in [0.05, 0.1) is 12.3 Å². The van der Waals surface area contributed by atoms with E-state index in [1.54, 1.807) is 0 Å². The molecule has 1 fully saturated rings. The van der Waals surface area contributed by atoms with Crippen molar-refractivity contribution in [3.63, 3.8) is 0 Å². The Morgan fingerprint density at radius 3 is 3.11 bits per heavy atom. The molecular weight excluding hydrogens is 222 g/mol. The number of benzene rings is 1. The molecule has 98 valence electrons. The quantitative estimate of drug-likeness (QED) is 0.873. The lowest BCUT2D eigenvalue weighted by Gasteiger charge is -2.22. The first kappa shape index (κ1) is 11.9. The fraction of sp³-hybridized carbons (Fsp3) is 0.625. The first-order valence-electron chi connectivity index (χ1n) is 7.31. The topological polar surface area (TPSA) is 21.3 Å². The highest BCUT2D eigenvalue weighted by molar-refractivity contribution is 5.63. The standard InChI is InChI=1S/C16H23NO/c1-12-7-8-13(10-12)11-18-15-6-2-4-14-5-3-9-17-16(14)15/h2,4,6,12-13,17H,3,5,7-11H2,1H3. The summed E-state index contributed by atoms with van der Waals surface area (Å²) in [5.74, 6) is 2.72. The minimum absolute atomic E-state index is 0.763. The average Bonchev–Trinajstić information content (AvgIpc) is 2.82. The third-order valence-corrected chi connectivity index (χ3v) is 4.32. The number of hydrogen-bond acceptors (Lipinski definition) is 2. The maximum atomic E-state index is 6.07. The van der Waals surface area contributed by atoms with Crippen molar-refractivity contribution in [2.24, 2.45) is 11.8 Å². The number of fused-ring (bicyclic) bond motifs is 1. The Hall–Kier alpha value is -1.18. The molecule has 1 saturated carbocycles. The van der Waals surface area contributed by atoms with Crippen LogP contribution >= 0.6 is 0 Å². The highest BCUT2D eigenvalue weighted by Crippen LogP contribution is 2.34. The van der Waals surface area contributed by atoms with Crippen LogP contribution in [-0.4, -0.2) is 13.2 Å². The largest absolute Gasteiger partial charge is 0.491 e. The predicted octanol–water partition coefficient (Wildman–Crippen LogP) is 3.86. The molecule has 0 bridgehead atoms. The summed E-state index contributed by atoms with van der Waals surface area (Å²) >= 11 is 0. The molecule has 0 spiro atoms. The van der Waals surface area contributed by atoms with E-state index in [2.05, 4.69) is 30.4 Å². The van der Waals surface area contributed by atoms with Crippen LogP contribution in [-0.2, 0) is 6.42 Å². The van der Waals surface area contributed by atoms with Crippen LogP contribution in [0, 0.1) is 11.8 Å². The molecule has 1 aromatic rings. The van der Waals surface area contributed by atoms with Crippen LogP contribution in [0.15, 0.2) is 18.2 Å². The summed E-state index contributed by atoms with van der Waals surface area (Å²) in [5, 5.41) is 3.49. The van der Waals surface area contributed by atoms with Crippen LogP contribution in [0.1, 0.15) is 38.2 Å². The van der Waals surface area contributed by atoms with Crippen molar-refractivity contribution in [3.8, 4) is 5.75 Å². The van der Waals surface area contributed by atoms with E-state index in [0.29, 0.717) is 0 Å². The van der Waals surface area contributed by atoms with Crippen LogP contribution in [0.5, 0.6) is 5.75 Å². The van der Waals surface area contributed by atoms with Gasteiger partial charge in [-0.3, -0.25) is 0 Å². The average molecular weight is 245 g/mol. The monoisotopic (exact) mass is 245 g/mol. The van der Waals surface area contributed by atoms with Crippen LogP contribution in [0.4, 0.5) is 5.69 Å². The van der Waals surface area contributed by atoms with E-state index < -0.39 is 0 Å². The molecule has 1 aromatic carbocycles. The zero-order valence-corrected chi connectivity index (χ0v) is 11.2. The number of rotatable bonds is 3. The number of anilines is 1. The molecule has 0 aromatic heterocycles. The molecule has 1 heterocycles. The van der Waals surface area contributed by atoms with E-state index >= 15 is 0 Å². The number of nitrogens with one attached hydrogen (secondary N) is 1. The molecule has 1 aliphatic carbocycles. The van der Waals surface area contributed by atoms with Gasteiger partial charge in [-0.05, 0) is 49.1 Å². The zero-order valence-electron chi connectivity index (χ0n) is 11.2. The van der Waals surface area contributed by atoms with Gasteiger partial charge in [-0.15, -0.1) is 0 Å². The Balaban J connectivity index is 1.65. The van der Waals surface area contributed by atoms with E-state index in [9.17, 15) is 0 Å². The van der Waals surface area contributed by atoms with Gasteiger partial charge in [0.15, 0.2) is 0 Å². The maximum absolute atomic E-state index is 6.07. The minimum Gasteiger partial charge on any atom is -0.491 e. The van der Waals surface area contributed by atoms with E-state index in [1.807, 2.05) is 0 Å². The SMILES string of the molecule is CC1CCC(COc2cccc3c2NCCC3)C1. The zero-order chi connectivity index (χ0) is 12.4.